The van der Waals surface area contributed by atoms with Crippen molar-refractivity contribution in [3.05, 3.63) is 0 Å². The number of amides is 2. The Bertz CT molecular complexity index is 145. The van der Waals surface area contributed by atoms with Crippen LogP contribution in [0.2, 0.25) is 0 Å². The van der Waals surface area contributed by atoms with Crippen molar-refractivity contribution in [2.24, 2.45) is 11.5 Å². The number of hydrogen-bond donors (Lipinski definition) is 2. The molecule has 0 heterocycles. The van der Waals surface area contributed by atoms with Crippen LogP contribution < -0.4 is 11.5 Å². The number of hydrogen-bond acceptors (Lipinski definition) is 1. The zero-order chi connectivity index (χ0) is 14.1. The Morgan fingerprint density at radius 1 is 0.611 bits per heavy atom. The molecule has 0 spiro atoms. The molecule has 3 heteroatoms. The van der Waals surface area contributed by atoms with Crippen molar-refractivity contribution in [3.63, 3.8) is 0 Å². The summed E-state index contributed by atoms with van der Waals surface area (Å²) in [5, 5.41) is 0. The summed E-state index contributed by atoms with van der Waals surface area (Å²) in [4.78, 5) is 9.00. The highest BCUT2D eigenvalue weighted by atomic mass is 16.2. The van der Waals surface area contributed by atoms with E-state index in [1.165, 1.54) is 77.0 Å². The molecule has 0 unspecified atom stereocenters. The van der Waals surface area contributed by atoms with Crippen LogP contribution in [0.5, 0.6) is 0 Å². The summed E-state index contributed by atoms with van der Waals surface area (Å²) in [7, 11) is 0. The molecule has 2 amide bonds. The Hall–Kier alpha value is -0.730. The number of primary amides is 2. The zero-order valence-corrected chi connectivity index (χ0v) is 12.5. The van der Waals surface area contributed by atoms with Crippen LogP contribution in [0.4, 0.5) is 4.79 Å². The number of urea groups is 1. The van der Waals surface area contributed by atoms with Gasteiger partial charge in [0, 0.05) is 0 Å². The molecule has 0 aromatic carbocycles. The van der Waals surface area contributed by atoms with Crippen molar-refractivity contribution >= 4 is 6.03 Å². The molecule has 4 N–H and O–H groups in total. The summed E-state index contributed by atoms with van der Waals surface area (Å²) in [6, 6.07) is -0.833. The number of rotatable bonds is 11. The van der Waals surface area contributed by atoms with E-state index in [2.05, 4.69) is 25.3 Å². The smallest absolute Gasteiger partial charge is 0.309 e. The van der Waals surface area contributed by atoms with E-state index in [0.717, 1.165) is 0 Å². The SMILES string of the molecule is CCCCCCCCCCCCCC.NC(N)=O. The molecule has 0 bridgehead atoms. The molecular weight excluding hydrogens is 224 g/mol. The minimum atomic E-state index is -0.833. The highest BCUT2D eigenvalue weighted by Crippen LogP contribution is 2.11. The van der Waals surface area contributed by atoms with E-state index >= 15 is 0 Å². The van der Waals surface area contributed by atoms with Gasteiger partial charge in [0.2, 0.25) is 0 Å². The number of unbranched alkanes of at least 4 members (excludes halogenated alkanes) is 11. The van der Waals surface area contributed by atoms with Gasteiger partial charge in [0.05, 0.1) is 0 Å². The maximum absolute atomic E-state index is 9.00. The van der Waals surface area contributed by atoms with Crippen LogP contribution >= 0.6 is 0 Å². The summed E-state index contributed by atoms with van der Waals surface area (Å²) in [5.74, 6) is 0. The molecule has 0 fully saturated rings. The van der Waals surface area contributed by atoms with Gasteiger partial charge in [0.1, 0.15) is 0 Å². The quantitative estimate of drug-likeness (QED) is 0.517. The molecule has 3 nitrogen and oxygen atoms in total. The van der Waals surface area contributed by atoms with Crippen LogP contribution in [0.15, 0.2) is 0 Å². The maximum atomic E-state index is 9.00. The van der Waals surface area contributed by atoms with E-state index < -0.39 is 6.03 Å². The van der Waals surface area contributed by atoms with Crippen LogP contribution in [0.25, 0.3) is 0 Å². The fourth-order valence-electron chi connectivity index (χ4n) is 1.91. The molecular formula is C15H34N2O. The van der Waals surface area contributed by atoms with Gasteiger partial charge in [0.25, 0.3) is 0 Å². The molecule has 0 aliphatic heterocycles. The Morgan fingerprint density at radius 3 is 0.944 bits per heavy atom. The third-order valence-corrected chi connectivity index (χ3v) is 2.96. The van der Waals surface area contributed by atoms with Crippen molar-refractivity contribution in [1.29, 1.82) is 0 Å². The highest BCUT2D eigenvalue weighted by Gasteiger charge is 1.91. The Kier molecular flexibility index (Phi) is 20.3. The Morgan fingerprint density at radius 2 is 0.778 bits per heavy atom. The summed E-state index contributed by atoms with van der Waals surface area (Å²) < 4.78 is 0. The van der Waals surface area contributed by atoms with Gasteiger partial charge in [-0.15, -0.1) is 0 Å². The first-order valence-corrected chi connectivity index (χ1v) is 7.70. The van der Waals surface area contributed by atoms with Gasteiger partial charge in [-0.1, -0.05) is 90.9 Å². The minimum absolute atomic E-state index is 0.833. The van der Waals surface area contributed by atoms with E-state index in [1.54, 1.807) is 0 Å². The topological polar surface area (TPSA) is 69.1 Å². The lowest BCUT2D eigenvalue weighted by Crippen LogP contribution is -2.18. The fourth-order valence-corrected chi connectivity index (χ4v) is 1.91. The first-order chi connectivity index (χ1) is 8.65. The second-order valence-corrected chi connectivity index (χ2v) is 4.94. The lowest BCUT2D eigenvalue weighted by molar-refractivity contribution is 0.256. The molecule has 0 radical (unpaired) electrons. The van der Waals surface area contributed by atoms with E-state index in [-0.39, 0.29) is 0 Å². The first kappa shape index (κ1) is 19.6. The van der Waals surface area contributed by atoms with Gasteiger partial charge in [-0.2, -0.15) is 0 Å². The van der Waals surface area contributed by atoms with Crippen molar-refractivity contribution in [2.45, 2.75) is 90.9 Å². The predicted octanol–water partition coefficient (Wildman–Crippen LogP) is 4.73. The molecule has 0 aromatic heterocycles. The molecule has 110 valence electrons. The minimum Gasteiger partial charge on any atom is -0.352 e. The summed E-state index contributed by atoms with van der Waals surface area (Å²) in [6.45, 7) is 4.57. The van der Waals surface area contributed by atoms with E-state index in [4.69, 9.17) is 4.79 Å². The van der Waals surface area contributed by atoms with Crippen LogP contribution in [-0.4, -0.2) is 6.03 Å². The van der Waals surface area contributed by atoms with Gasteiger partial charge < -0.3 is 11.5 Å². The number of carbonyl (C=O) groups excluding carboxylic acids is 1. The van der Waals surface area contributed by atoms with E-state index in [1.807, 2.05) is 0 Å². The van der Waals surface area contributed by atoms with Gasteiger partial charge in [0.15, 0.2) is 0 Å². The first-order valence-electron chi connectivity index (χ1n) is 7.70. The molecule has 0 saturated heterocycles. The van der Waals surface area contributed by atoms with Crippen LogP contribution in [0.3, 0.4) is 0 Å². The normalized spacial score (nSPS) is 9.67. The van der Waals surface area contributed by atoms with Crippen molar-refractivity contribution < 1.29 is 4.79 Å². The summed E-state index contributed by atoms with van der Waals surface area (Å²) >= 11 is 0. The lowest BCUT2D eigenvalue weighted by atomic mass is 10.1. The molecule has 18 heavy (non-hydrogen) atoms. The van der Waals surface area contributed by atoms with Crippen LogP contribution in [-0.2, 0) is 0 Å². The van der Waals surface area contributed by atoms with Crippen LogP contribution in [0.1, 0.15) is 90.9 Å². The van der Waals surface area contributed by atoms with E-state index in [9.17, 15) is 0 Å². The molecule has 0 aliphatic rings. The second-order valence-electron chi connectivity index (χ2n) is 4.94. The fraction of sp³-hybridized carbons (Fsp3) is 0.933. The monoisotopic (exact) mass is 258 g/mol. The van der Waals surface area contributed by atoms with Gasteiger partial charge in [-0.25, -0.2) is 4.79 Å². The number of carbonyl (C=O) groups is 1. The average Bonchev–Trinajstić information content (AvgIpc) is 2.31. The second kappa shape index (κ2) is 18.6. The van der Waals surface area contributed by atoms with E-state index in [0.29, 0.717) is 0 Å². The van der Waals surface area contributed by atoms with Gasteiger partial charge in [-0.05, 0) is 0 Å². The van der Waals surface area contributed by atoms with Crippen molar-refractivity contribution in [3.8, 4) is 0 Å². The number of nitrogens with two attached hydrogens (primary N) is 2. The Balaban J connectivity index is 0. The lowest BCUT2D eigenvalue weighted by Gasteiger charge is -2.01. The van der Waals surface area contributed by atoms with Gasteiger partial charge >= 0.3 is 6.03 Å². The van der Waals surface area contributed by atoms with Crippen molar-refractivity contribution in [2.75, 3.05) is 0 Å². The molecule has 0 atom stereocenters. The molecule has 0 saturated carbocycles. The van der Waals surface area contributed by atoms with Crippen molar-refractivity contribution in [1.82, 2.24) is 0 Å². The zero-order valence-electron chi connectivity index (χ0n) is 12.5. The standard InChI is InChI=1S/C14H30.CH4N2O/c1-3-5-7-9-11-13-14-12-10-8-6-4-2;2-1(3)4/h3-14H2,1-2H3;(H4,2,3,4). The predicted molar refractivity (Wildman–Crippen MR) is 80.5 cm³/mol. The Labute approximate surface area is 114 Å². The summed E-state index contributed by atoms with van der Waals surface area (Å²) in [6.07, 6.45) is 17.4. The molecule has 0 rings (SSSR count). The maximum Gasteiger partial charge on any atom is 0.309 e. The average molecular weight is 258 g/mol. The molecule has 0 aromatic rings. The van der Waals surface area contributed by atoms with Crippen LogP contribution in [0, 0.1) is 0 Å². The summed E-state index contributed by atoms with van der Waals surface area (Å²) in [5.41, 5.74) is 8.50. The highest BCUT2D eigenvalue weighted by molar-refractivity contribution is 5.69. The third kappa shape index (κ3) is 29.5. The third-order valence-electron chi connectivity index (χ3n) is 2.96. The van der Waals surface area contributed by atoms with Gasteiger partial charge in [-0.3, -0.25) is 0 Å². The largest absolute Gasteiger partial charge is 0.352 e. The molecule has 0 aliphatic carbocycles.